The highest BCUT2D eigenvalue weighted by Crippen LogP contribution is 2.23. The van der Waals surface area contributed by atoms with E-state index in [9.17, 15) is 9.59 Å². The van der Waals surface area contributed by atoms with Crippen LogP contribution in [0.2, 0.25) is 0 Å². The van der Waals surface area contributed by atoms with Crippen molar-refractivity contribution in [3.05, 3.63) is 102 Å². The molecular weight excluding hydrogens is 452 g/mol. The second-order valence-electron chi connectivity index (χ2n) is 8.66. The lowest BCUT2D eigenvalue weighted by atomic mass is 9.98. The number of nitrogens with one attached hydrogen (secondary N) is 2. The molecule has 1 atom stereocenters. The third-order valence-corrected chi connectivity index (χ3v) is 5.89. The summed E-state index contributed by atoms with van der Waals surface area (Å²) in [6.45, 7) is 3.83. The topological polar surface area (TPSA) is 96.7 Å². The summed E-state index contributed by atoms with van der Waals surface area (Å²) < 4.78 is 0. The predicted molar refractivity (Wildman–Crippen MR) is 142 cm³/mol. The minimum Gasteiger partial charge on any atom is -0.385 e. The Bertz CT molecular complexity index is 1050. The molecule has 0 saturated heterocycles. The van der Waals surface area contributed by atoms with Crippen molar-refractivity contribution in [3.8, 4) is 5.75 Å². The van der Waals surface area contributed by atoms with Crippen molar-refractivity contribution in [3.63, 3.8) is 0 Å². The van der Waals surface area contributed by atoms with Gasteiger partial charge in [-0.25, -0.2) is 0 Å². The van der Waals surface area contributed by atoms with Crippen molar-refractivity contribution in [2.75, 3.05) is 6.54 Å². The summed E-state index contributed by atoms with van der Waals surface area (Å²) in [5, 5.41) is 4.73. The fourth-order valence-electron chi connectivity index (χ4n) is 4.03. The van der Waals surface area contributed by atoms with E-state index in [-0.39, 0.29) is 30.8 Å². The molecule has 0 aromatic heterocycles. The summed E-state index contributed by atoms with van der Waals surface area (Å²) in [6, 6.07) is 26.5. The summed E-state index contributed by atoms with van der Waals surface area (Å²) in [5.41, 5.74) is 11.5. The van der Waals surface area contributed by atoms with Gasteiger partial charge >= 0.3 is 0 Å². The number of Topliss-reactive ketones (excluding diaryl/α,β-unsaturated/α-hetero) is 1. The molecule has 0 spiro atoms. The van der Waals surface area contributed by atoms with Gasteiger partial charge in [-0.15, -0.1) is 0 Å². The Balaban J connectivity index is 1.84. The molecule has 1 unspecified atom stereocenters. The molecule has 0 fully saturated rings. The minimum atomic E-state index is -0.681. The monoisotopic (exact) mass is 488 g/mol. The van der Waals surface area contributed by atoms with Gasteiger partial charge in [0.1, 0.15) is 6.04 Å². The van der Waals surface area contributed by atoms with Crippen molar-refractivity contribution < 1.29 is 14.4 Å². The van der Waals surface area contributed by atoms with Crippen molar-refractivity contribution in [1.82, 2.24) is 15.9 Å². The van der Waals surface area contributed by atoms with E-state index in [0.29, 0.717) is 12.2 Å². The van der Waals surface area contributed by atoms with Gasteiger partial charge in [-0.2, -0.15) is 0 Å². The van der Waals surface area contributed by atoms with Crippen LogP contribution in [0.1, 0.15) is 55.8 Å². The average molecular weight is 489 g/mol. The lowest BCUT2D eigenvalue weighted by Crippen LogP contribution is -2.54. The summed E-state index contributed by atoms with van der Waals surface area (Å²) >= 11 is 0. The Kier molecular flexibility index (Phi) is 10.6. The number of carbonyl (C=O) groups is 2. The molecule has 0 bridgehead atoms. The molecule has 0 heterocycles. The van der Waals surface area contributed by atoms with Gasteiger partial charge in [0.2, 0.25) is 5.91 Å². The van der Waals surface area contributed by atoms with Gasteiger partial charge in [0.05, 0.1) is 12.6 Å². The Labute approximate surface area is 213 Å². The van der Waals surface area contributed by atoms with Gasteiger partial charge in [-0.05, 0) is 28.8 Å². The molecular formula is C29H36N4O3. The van der Waals surface area contributed by atoms with Gasteiger partial charge in [-0.3, -0.25) is 20.3 Å². The highest BCUT2D eigenvalue weighted by atomic mass is 16.7. The van der Waals surface area contributed by atoms with Crippen LogP contribution in [0.25, 0.3) is 0 Å². The van der Waals surface area contributed by atoms with Crippen LogP contribution in [0.4, 0.5) is 0 Å². The molecule has 0 aliphatic rings. The van der Waals surface area contributed by atoms with E-state index in [1.807, 2.05) is 78.9 Å². The number of para-hydroxylation sites is 1. The number of hydrogen-bond donors (Lipinski definition) is 3. The molecule has 0 aliphatic heterocycles. The van der Waals surface area contributed by atoms with Crippen molar-refractivity contribution in [1.29, 1.82) is 0 Å². The number of carbonyl (C=O) groups excluding carboxylic acids is 2. The normalized spacial score (nSPS) is 11.9. The van der Waals surface area contributed by atoms with E-state index in [4.69, 9.17) is 10.6 Å². The molecule has 7 heteroatoms. The van der Waals surface area contributed by atoms with Gasteiger partial charge in [0.15, 0.2) is 11.5 Å². The first kappa shape index (κ1) is 27.1. The summed E-state index contributed by atoms with van der Waals surface area (Å²) in [6.07, 6.45) is 2.24. The largest absolute Gasteiger partial charge is 0.385 e. The van der Waals surface area contributed by atoms with Gasteiger partial charge in [-0.1, -0.05) is 98.6 Å². The number of benzene rings is 3. The number of ketones is 1. The fourth-order valence-corrected chi connectivity index (χ4v) is 4.03. The Hall–Kier alpha value is -3.52. The Morgan fingerprint density at radius 3 is 2.06 bits per heavy atom. The van der Waals surface area contributed by atoms with Crippen LogP contribution >= 0.6 is 0 Å². The number of hydrazine groups is 1. The first-order valence-corrected chi connectivity index (χ1v) is 12.4. The second kappa shape index (κ2) is 14.1. The zero-order chi connectivity index (χ0) is 25.8. The first-order valence-electron chi connectivity index (χ1n) is 12.4. The molecule has 3 rings (SSSR count). The smallest absolute Gasteiger partial charge is 0.233 e. The van der Waals surface area contributed by atoms with Gasteiger partial charge in [0, 0.05) is 19.0 Å². The zero-order valence-electron chi connectivity index (χ0n) is 21.0. The van der Waals surface area contributed by atoms with Crippen LogP contribution < -0.4 is 21.3 Å². The number of hydroxylamine groups is 1. The van der Waals surface area contributed by atoms with Gasteiger partial charge in [0.25, 0.3) is 0 Å². The van der Waals surface area contributed by atoms with Crippen LogP contribution in [-0.4, -0.2) is 29.4 Å². The Morgan fingerprint density at radius 2 is 1.50 bits per heavy atom. The zero-order valence-corrected chi connectivity index (χ0v) is 21.0. The molecule has 0 aliphatic carbocycles. The SMILES string of the molecule is CCCCC(C(=O)CNC(c1ccccc1)c1ccccc1)N(NC(C)=O)Oc1ccccc1CN. The molecule has 0 saturated carbocycles. The first-order chi connectivity index (χ1) is 17.5. The number of nitrogens with zero attached hydrogens (tertiary/aromatic N) is 1. The summed E-state index contributed by atoms with van der Waals surface area (Å²) in [5.74, 6) is 0.0932. The van der Waals surface area contributed by atoms with E-state index in [1.165, 1.54) is 12.1 Å². The molecule has 4 N–H and O–H groups in total. The average Bonchev–Trinajstić information content (AvgIpc) is 2.90. The van der Waals surface area contributed by atoms with Crippen LogP contribution in [0, 0.1) is 0 Å². The number of hydrogen-bond acceptors (Lipinski definition) is 6. The summed E-state index contributed by atoms with van der Waals surface area (Å²) in [7, 11) is 0. The lowest BCUT2D eigenvalue weighted by Gasteiger charge is -2.31. The minimum absolute atomic E-state index is 0.0840. The number of rotatable bonds is 14. The fraction of sp³-hybridized carbons (Fsp3) is 0.310. The number of unbranched alkanes of at least 4 members (excludes halogenated alkanes) is 1. The van der Waals surface area contributed by atoms with E-state index < -0.39 is 6.04 Å². The third kappa shape index (κ3) is 7.75. The van der Waals surface area contributed by atoms with Crippen LogP contribution in [-0.2, 0) is 16.1 Å². The molecule has 36 heavy (non-hydrogen) atoms. The third-order valence-electron chi connectivity index (χ3n) is 5.89. The predicted octanol–water partition coefficient (Wildman–Crippen LogP) is 4.30. The number of nitrogens with two attached hydrogens (primary N) is 1. The molecule has 0 radical (unpaired) electrons. The van der Waals surface area contributed by atoms with E-state index >= 15 is 0 Å². The highest BCUT2D eigenvalue weighted by Gasteiger charge is 2.29. The molecule has 3 aromatic rings. The molecule has 7 nitrogen and oxygen atoms in total. The maximum Gasteiger partial charge on any atom is 0.233 e. The summed E-state index contributed by atoms with van der Waals surface area (Å²) in [4.78, 5) is 31.8. The van der Waals surface area contributed by atoms with E-state index in [2.05, 4.69) is 17.7 Å². The quantitative estimate of drug-likeness (QED) is 0.293. The van der Waals surface area contributed by atoms with Crippen molar-refractivity contribution in [2.45, 2.75) is 51.7 Å². The maximum absolute atomic E-state index is 13.6. The van der Waals surface area contributed by atoms with Crippen LogP contribution in [0.3, 0.4) is 0 Å². The lowest BCUT2D eigenvalue weighted by molar-refractivity contribution is -0.169. The standard InChI is InChI=1S/C29H36N4O3/c1-3-4-18-26(33(32-22(2)34)36-28-19-12-11-17-25(28)20-30)27(35)21-31-29(23-13-7-5-8-14-23)24-15-9-6-10-16-24/h5-17,19,26,29,31H,3-4,18,20-21,30H2,1-2H3,(H,32,34). The maximum atomic E-state index is 13.6. The van der Waals surface area contributed by atoms with E-state index in [1.54, 1.807) is 6.07 Å². The molecule has 190 valence electrons. The molecule has 3 aromatic carbocycles. The Morgan fingerprint density at radius 1 is 0.917 bits per heavy atom. The number of amides is 1. The van der Waals surface area contributed by atoms with Crippen LogP contribution in [0.5, 0.6) is 5.75 Å². The van der Waals surface area contributed by atoms with Gasteiger partial charge < -0.3 is 10.6 Å². The van der Waals surface area contributed by atoms with Crippen molar-refractivity contribution >= 4 is 11.7 Å². The van der Waals surface area contributed by atoms with Crippen LogP contribution in [0.15, 0.2) is 84.9 Å². The second-order valence-corrected chi connectivity index (χ2v) is 8.66. The van der Waals surface area contributed by atoms with Crippen molar-refractivity contribution in [2.24, 2.45) is 5.73 Å². The highest BCUT2D eigenvalue weighted by molar-refractivity contribution is 5.86. The van der Waals surface area contributed by atoms with E-state index in [0.717, 1.165) is 29.5 Å². The molecule has 1 amide bonds.